The van der Waals surface area contributed by atoms with Crippen molar-refractivity contribution in [3.8, 4) is 17.4 Å². The first kappa shape index (κ1) is 21.7. The number of aromatic amines is 1. The highest BCUT2D eigenvalue weighted by atomic mass is 16.5. The van der Waals surface area contributed by atoms with E-state index in [1.807, 2.05) is 24.3 Å². The number of pyridine rings is 1. The molecule has 0 amide bonds. The molecule has 0 fully saturated rings. The number of rotatable bonds is 5. The minimum absolute atomic E-state index is 0.662. The maximum Gasteiger partial charge on any atom is 0.226 e. The number of aromatic nitrogens is 2. The van der Waals surface area contributed by atoms with E-state index in [2.05, 4.69) is 63.5 Å². The van der Waals surface area contributed by atoms with E-state index in [1.54, 1.807) is 13.3 Å². The summed E-state index contributed by atoms with van der Waals surface area (Å²) in [6.07, 6.45) is 11.5. The molecule has 0 atom stereocenters. The van der Waals surface area contributed by atoms with Crippen molar-refractivity contribution >= 4 is 22.0 Å². The number of benzene rings is 2. The smallest absolute Gasteiger partial charge is 0.226 e. The summed E-state index contributed by atoms with van der Waals surface area (Å²) in [5.41, 5.74) is 7.37. The van der Waals surface area contributed by atoms with Gasteiger partial charge in [0.05, 0.1) is 7.11 Å². The highest BCUT2D eigenvalue weighted by Crippen LogP contribution is 2.41. The second-order valence-electron chi connectivity index (χ2n) is 9.12. The van der Waals surface area contributed by atoms with Crippen molar-refractivity contribution < 1.29 is 9.47 Å². The molecular weight excluding hydrogens is 434 g/mol. The van der Waals surface area contributed by atoms with Crippen molar-refractivity contribution in [1.29, 1.82) is 0 Å². The summed E-state index contributed by atoms with van der Waals surface area (Å²) in [5, 5.41) is 1.32. The largest absolute Gasteiger partial charge is 0.496 e. The number of para-hydroxylation sites is 1. The van der Waals surface area contributed by atoms with Gasteiger partial charge in [0.25, 0.3) is 0 Å². The third-order valence-electron chi connectivity index (χ3n) is 7.07. The Bertz CT molecular complexity index is 1430. The molecule has 35 heavy (non-hydrogen) atoms. The molecule has 5 nitrogen and oxygen atoms in total. The third kappa shape index (κ3) is 4.24. The van der Waals surface area contributed by atoms with Crippen LogP contribution >= 0.6 is 0 Å². The Kier molecular flexibility index (Phi) is 5.84. The number of methoxy groups -OCH3 is 1. The lowest BCUT2D eigenvalue weighted by atomic mass is 9.97. The van der Waals surface area contributed by atoms with Gasteiger partial charge in [-0.15, -0.1) is 0 Å². The third-order valence-corrected chi connectivity index (χ3v) is 7.07. The normalized spacial score (nSPS) is 16.8. The van der Waals surface area contributed by atoms with Gasteiger partial charge in [0.15, 0.2) is 0 Å². The van der Waals surface area contributed by atoms with Crippen molar-refractivity contribution in [2.24, 2.45) is 0 Å². The zero-order valence-corrected chi connectivity index (χ0v) is 20.0. The summed E-state index contributed by atoms with van der Waals surface area (Å²) in [5.74, 6) is 2.33. The van der Waals surface area contributed by atoms with Crippen molar-refractivity contribution in [2.75, 3.05) is 26.7 Å². The van der Waals surface area contributed by atoms with Crippen molar-refractivity contribution in [3.63, 3.8) is 0 Å². The number of nitrogens with one attached hydrogen (secondary N) is 1. The van der Waals surface area contributed by atoms with E-state index >= 15 is 0 Å². The lowest BCUT2D eigenvalue weighted by Gasteiger charge is -2.26. The maximum atomic E-state index is 6.20. The van der Waals surface area contributed by atoms with E-state index in [0.717, 1.165) is 61.5 Å². The molecule has 2 aromatic heterocycles. The molecule has 0 bridgehead atoms. The average Bonchev–Trinajstić information content (AvgIpc) is 3.26. The fraction of sp³-hybridized carbons (Fsp3) is 0.233. The van der Waals surface area contributed by atoms with Crippen molar-refractivity contribution in [1.82, 2.24) is 14.9 Å². The van der Waals surface area contributed by atoms with Crippen LogP contribution in [0.3, 0.4) is 0 Å². The van der Waals surface area contributed by atoms with E-state index in [9.17, 15) is 0 Å². The highest BCUT2D eigenvalue weighted by Gasteiger charge is 2.22. The monoisotopic (exact) mass is 463 g/mol. The van der Waals surface area contributed by atoms with Crippen LogP contribution in [0.4, 0.5) is 0 Å². The minimum atomic E-state index is 0.662. The molecule has 5 heteroatoms. The fourth-order valence-corrected chi connectivity index (χ4v) is 5.21. The second-order valence-corrected chi connectivity index (χ2v) is 9.12. The Hall–Kier alpha value is -3.83. The number of allylic oxidation sites excluding steroid dienone is 1. The SMILES string of the molecule is COc1cccc2c1CC(=CCCN1CC=C(c3c[nH]c4ccccc34)CC1)c1cccnc1O2. The summed E-state index contributed by atoms with van der Waals surface area (Å²) in [6.45, 7) is 3.08. The van der Waals surface area contributed by atoms with Crippen LogP contribution in [-0.2, 0) is 6.42 Å². The fourth-order valence-electron chi connectivity index (χ4n) is 5.21. The first-order valence-electron chi connectivity index (χ1n) is 12.3. The van der Waals surface area contributed by atoms with Gasteiger partial charge in [0.1, 0.15) is 11.5 Å². The van der Waals surface area contributed by atoms with Gasteiger partial charge in [0.2, 0.25) is 5.88 Å². The number of ether oxygens (including phenoxy) is 2. The van der Waals surface area contributed by atoms with Crippen LogP contribution in [0.1, 0.15) is 29.5 Å². The van der Waals surface area contributed by atoms with Crippen LogP contribution in [0.2, 0.25) is 0 Å². The van der Waals surface area contributed by atoms with E-state index in [1.165, 1.54) is 27.6 Å². The maximum absolute atomic E-state index is 6.20. The van der Waals surface area contributed by atoms with Crippen LogP contribution in [0.5, 0.6) is 17.4 Å². The van der Waals surface area contributed by atoms with Crippen LogP contribution in [0, 0.1) is 0 Å². The van der Waals surface area contributed by atoms with Gasteiger partial charge in [-0.05, 0) is 54.3 Å². The zero-order valence-electron chi connectivity index (χ0n) is 20.0. The summed E-state index contributed by atoms with van der Waals surface area (Å²) >= 11 is 0. The van der Waals surface area contributed by atoms with E-state index in [-0.39, 0.29) is 0 Å². The van der Waals surface area contributed by atoms with Gasteiger partial charge in [-0.3, -0.25) is 4.90 Å². The molecule has 4 aromatic rings. The van der Waals surface area contributed by atoms with Crippen molar-refractivity contribution in [3.05, 3.63) is 95.8 Å². The predicted molar refractivity (Wildman–Crippen MR) is 141 cm³/mol. The molecule has 0 aliphatic carbocycles. The molecule has 6 rings (SSSR count). The Labute approximate surface area is 205 Å². The molecule has 2 aliphatic rings. The quantitative estimate of drug-likeness (QED) is 0.368. The minimum Gasteiger partial charge on any atom is -0.496 e. The molecule has 176 valence electrons. The molecular formula is C30H29N3O2. The lowest BCUT2D eigenvalue weighted by Crippen LogP contribution is -2.29. The van der Waals surface area contributed by atoms with Gasteiger partial charge in [0, 0.05) is 66.0 Å². The number of hydrogen-bond acceptors (Lipinski definition) is 4. The first-order valence-corrected chi connectivity index (χ1v) is 12.3. The summed E-state index contributed by atoms with van der Waals surface area (Å²) in [6, 6.07) is 18.6. The molecule has 0 unspecified atom stereocenters. The van der Waals surface area contributed by atoms with Crippen LogP contribution < -0.4 is 9.47 Å². The highest BCUT2D eigenvalue weighted by molar-refractivity contribution is 5.92. The van der Waals surface area contributed by atoms with Gasteiger partial charge in [-0.1, -0.05) is 36.4 Å². The van der Waals surface area contributed by atoms with Crippen LogP contribution in [0.25, 0.3) is 22.0 Å². The molecule has 0 saturated heterocycles. The number of nitrogens with zero attached hydrogens (tertiary/aromatic N) is 2. The number of hydrogen-bond donors (Lipinski definition) is 1. The van der Waals surface area contributed by atoms with Gasteiger partial charge in [-0.25, -0.2) is 4.98 Å². The molecule has 0 saturated carbocycles. The van der Waals surface area contributed by atoms with Gasteiger partial charge >= 0.3 is 0 Å². The Morgan fingerprint density at radius 1 is 1.09 bits per heavy atom. The zero-order chi connectivity index (χ0) is 23.6. The van der Waals surface area contributed by atoms with Gasteiger partial charge < -0.3 is 14.5 Å². The van der Waals surface area contributed by atoms with E-state index in [4.69, 9.17) is 9.47 Å². The van der Waals surface area contributed by atoms with Crippen LogP contribution in [-0.4, -0.2) is 41.6 Å². The summed E-state index contributed by atoms with van der Waals surface area (Å²) < 4.78 is 11.8. The van der Waals surface area contributed by atoms with E-state index < -0.39 is 0 Å². The standard InChI is InChI=1S/C30H29N3O2/c1-34-28-11-4-12-29-25(28)19-22(23-9-5-15-31-30(23)35-29)7-6-16-33-17-13-21(14-18-33)26-20-32-27-10-3-2-8-24(26)27/h2-5,7-13,15,20,32H,6,14,16-19H2,1H3. The Morgan fingerprint density at radius 3 is 2.91 bits per heavy atom. The predicted octanol–water partition coefficient (Wildman–Crippen LogP) is 6.48. The number of fused-ring (bicyclic) bond motifs is 3. The summed E-state index contributed by atoms with van der Waals surface area (Å²) in [4.78, 5) is 10.4. The van der Waals surface area contributed by atoms with Crippen LogP contribution in [0.15, 0.2) is 79.1 Å². The molecule has 2 aromatic carbocycles. The van der Waals surface area contributed by atoms with E-state index in [0.29, 0.717) is 5.88 Å². The lowest BCUT2D eigenvalue weighted by molar-refractivity contribution is 0.308. The molecule has 0 spiro atoms. The molecule has 1 N–H and O–H groups in total. The molecule has 4 heterocycles. The average molecular weight is 464 g/mol. The first-order chi connectivity index (χ1) is 17.3. The van der Waals surface area contributed by atoms with Crippen molar-refractivity contribution in [2.45, 2.75) is 19.3 Å². The summed E-state index contributed by atoms with van der Waals surface area (Å²) in [7, 11) is 1.71. The van der Waals surface area contributed by atoms with Gasteiger partial charge in [-0.2, -0.15) is 0 Å². The topological polar surface area (TPSA) is 50.4 Å². The molecule has 0 radical (unpaired) electrons. The Morgan fingerprint density at radius 2 is 2.03 bits per heavy atom. The number of H-pyrrole nitrogens is 1. The molecule has 2 aliphatic heterocycles. The second kappa shape index (κ2) is 9.43. The Balaban J connectivity index is 1.18.